The normalized spacial score (nSPS) is 12.9. The number of nitrogens with zero attached hydrogens (tertiary/aromatic N) is 4. The molecule has 2 N–H and O–H groups in total. The van der Waals surface area contributed by atoms with E-state index in [-0.39, 0.29) is 17.6 Å². The Balaban J connectivity index is 1.23. The molecule has 0 bridgehead atoms. The maximum Gasteiger partial charge on any atom is 0.228 e. The zero-order valence-corrected chi connectivity index (χ0v) is 20.0. The van der Waals surface area contributed by atoms with Gasteiger partial charge in [-0.25, -0.2) is 14.4 Å². The second-order valence-corrected chi connectivity index (χ2v) is 8.95. The number of pyridine rings is 2. The monoisotopic (exact) mass is 494 g/mol. The Bertz CT molecular complexity index is 1610. The van der Waals surface area contributed by atoms with Crippen molar-refractivity contribution >= 4 is 34.4 Å². The zero-order chi connectivity index (χ0) is 25.4. The summed E-state index contributed by atoms with van der Waals surface area (Å²) in [4.78, 5) is 25.0. The van der Waals surface area contributed by atoms with Crippen LogP contribution in [0.2, 0.25) is 0 Å². The van der Waals surface area contributed by atoms with E-state index in [4.69, 9.17) is 4.74 Å². The third-order valence-corrected chi connectivity index (χ3v) is 6.23. The quantitative estimate of drug-likeness (QED) is 0.286. The van der Waals surface area contributed by atoms with E-state index >= 15 is 0 Å². The van der Waals surface area contributed by atoms with Gasteiger partial charge in [0.25, 0.3) is 0 Å². The Kier molecular flexibility index (Phi) is 5.72. The smallest absolute Gasteiger partial charge is 0.228 e. The molecule has 0 atom stereocenters. The van der Waals surface area contributed by atoms with E-state index in [9.17, 15) is 9.18 Å². The number of imidazole rings is 1. The average molecular weight is 495 g/mol. The number of anilines is 3. The van der Waals surface area contributed by atoms with Gasteiger partial charge in [0.1, 0.15) is 23.1 Å². The number of benzene rings is 2. The first-order chi connectivity index (χ1) is 18.0. The number of halogens is 1. The van der Waals surface area contributed by atoms with Crippen molar-refractivity contribution < 1.29 is 13.9 Å². The predicted octanol–water partition coefficient (Wildman–Crippen LogP) is 6.05. The van der Waals surface area contributed by atoms with Crippen LogP contribution in [0.1, 0.15) is 12.8 Å². The van der Waals surface area contributed by atoms with Gasteiger partial charge in [-0.1, -0.05) is 12.1 Å². The molecule has 0 unspecified atom stereocenters. The van der Waals surface area contributed by atoms with Gasteiger partial charge in [-0.2, -0.15) is 0 Å². The molecule has 2 aromatic carbocycles. The van der Waals surface area contributed by atoms with Crippen LogP contribution in [0.25, 0.3) is 22.2 Å². The number of rotatable bonds is 7. The molecule has 6 rings (SSSR count). The predicted molar refractivity (Wildman–Crippen MR) is 139 cm³/mol. The molecule has 184 valence electrons. The maximum absolute atomic E-state index is 14.7. The summed E-state index contributed by atoms with van der Waals surface area (Å²) in [7, 11) is 1.86. The number of fused-ring (bicyclic) bond motifs is 1. The minimum Gasteiger partial charge on any atom is -0.457 e. The Morgan fingerprint density at radius 1 is 1.03 bits per heavy atom. The van der Waals surface area contributed by atoms with Gasteiger partial charge in [-0.15, -0.1) is 0 Å². The molecule has 0 saturated heterocycles. The Hall–Kier alpha value is -4.79. The first-order valence-corrected chi connectivity index (χ1v) is 11.9. The fourth-order valence-electron chi connectivity index (χ4n) is 4.06. The van der Waals surface area contributed by atoms with Crippen LogP contribution >= 0.6 is 0 Å². The van der Waals surface area contributed by atoms with Crippen molar-refractivity contribution in [3.05, 3.63) is 85.1 Å². The number of aryl methyl sites for hydroxylation is 1. The number of hydrogen-bond donors (Lipinski definition) is 2. The molecule has 3 aromatic heterocycles. The molecule has 1 aliphatic rings. The minimum atomic E-state index is -0.383. The van der Waals surface area contributed by atoms with E-state index in [1.54, 1.807) is 42.9 Å². The molecule has 1 amide bonds. The van der Waals surface area contributed by atoms with Crippen molar-refractivity contribution in [2.45, 2.75) is 12.8 Å². The SMILES string of the molecule is Cn1c(Nc2cc(-c3cccnc3)ccc2F)nc2cc(Oc3ccnc(NC(=O)C4CC4)c3)ccc21. The van der Waals surface area contributed by atoms with Gasteiger partial charge in [0.15, 0.2) is 0 Å². The van der Waals surface area contributed by atoms with Gasteiger partial charge in [-0.3, -0.25) is 9.78 Å². The van der Waals surface area contributed by atoms with Crippen molar-refractivity contribution in [3.63, 3.8) is 0 Å². The largest absolute Gasteiger partial charge is 0.457 e. The fourth-order valence-corrected chi connectivity index (χ4v) is 4.06. The number of hydrogen-bond acceptors (Lipinski definition) is 6. The molecular weight excluding hydrogens is 471 g/mol. The van der Waals surface area contributed by atoms with Gasteiger partial charge < -0.3 is 19.9 Å². The summed E-state index contributed by atoms with van der Waals surface area (Å²) in [5.41, 5.74) is 3.59. The average Bonchev–Trinajstić information content (AvgIpc) is 3.72. The molecule has 1 fully saturated rings. The van der Waals surface area contributed by atoms with Gasteiger partial charge in [-0.05, 0) is 54.8 Å². The van der Waals surface area contributed by atoms with Crippen molar-refractivity contribution in [2.75, 3.05) is 10.6 Å². The summed E-state index contributed by atoms with van der Waals surface area (Å²) in [6.45, 7) is 0. The highest BCUT2D eigenvalue weighted by atomic mass is 19.1. The van der Waals surface area contributed by atoms with Gasteiger partial charge in [0, 0.05) is 49.3 Å². The minimum absolute atomic E-state index is 0.0120. The molecule has 37 heavy (non-hydrogen) atoms. The number of amides is 1. The summed E-state index contributed by atoms with van der Waals surface area (Å²) in [6, 6.07) is 17.6. The van der Waals surface area contributed by atoms with E-state index in [1.165, 1.54) is 6.07 Å². The van der Waals surface area contributed by atoms with E-state index in [0.717, 1.165) is 29.5 Å². The molecular formula is C28H23FN6O2. The summed E-state index contributed by atoms with van der Waals surface area (Å²) in [6.07, 6.45) is 6.87. The summed E-state index contributed by atoms with van der Waals surface area (Å²) in [5, 5.41) is 5.94. The molecule has 0 spiro atoms. The van der Waals surface area contributed by atoms with Crippen LogP contribution in [0.3, 0.4) is 0 Å². The molecule has 8 nitrogen and oxygen atoms in total. The number of carbonyl (C=O) groups is 1. The summed E-state index contributed by atoms with van der Waals surface area (Å²) < 4.78 is 22.5. The summed E-state index contributed by atoms with van der Waals surface area (Å²) in [5.74, 6) is 1.76. The molecule has 0 aliphatic heterocycles. The molecule has 9 heteroatoms. The molecule has 1 aliphatic carbocycles. The lowest BCUT2D eigenvalue weighted by Crippen LogP contribution is -2.14. The van der Waals surface area contributed by atoms with Gasteiger partial charge in [0.05, 0.1) is 16.7 Å². The van der Waals surface area contributed by atoms with Crippen LogP contribution in [0.5, 0.6) is 11.5 Å². The number of nitrogens with one attached hydrogen (secondary N) is 2. The van der Waals surface area contributed by atoms with Gasteiger partial charge in [0.2, 0.25) is 11.9 Å². The summed E-state index contributed by atoms with van der Waals surface area (Å²) >= 11 is 0. The van der Waals surface area contributed by atoms with Crippen LogP contribution in [-0.4, -0.2) is 25.4 Å². The standard InChI is InChI=1S/C28H23FN6O2/c1-35-25-9-7-20(37-21-10-12-31-26(15-21)34-27(36)17-4-5-17)14-24(25)33-28(35)32-23-13-18(6-8-22(23)29)19-3-2-11-30-16-19/h2-3,6-17H,4-5H2,1H3,(H,32,33)(H,31,34,36). The Morgan fingerprint density at radius 3 is 2.70 bits per heavy atom. The maximum atomic E-state index is 14.7. The lowest BCUT2D eigenvalue weighted by atomic mass is 10.1. The second kappa shape index (κ2) is 9.34. The molecule has 3 heterocycles. The Labute approximate surface area is 212 Å². The second-order valence-electron chi connectivity index (χ2n) is 8.95. The fraction of sp³-hybridized carbons (Fsp3) is 0.143. The molecule has 1 saturated carbocycles. The highest BCUT2D eigenvalue weighted by molar-refractivity contribution is 5.93. The van der Waals surface area contributed by atoms with Crippen molar-refractivity contribution in [3.8, 4) is 22.6 Å². The van der Waals surface area contributed by atoms with Crippen LogP contribution in [-0.2, 0) is 11.8 Å². The van der Waals surface area contributed by atoms with Crippen LogP contribution in [0.15, 0.2) is 79.3 Å². The number of ether oxygens (including phenoxy) is 1. The molecule has 0 radical (unpaired) electrons. The highest BCUT2D eigenvalue weighted by Gasteiger charge is 2.29. The third-order valence-electron chi connectivity index (χ3n) is 6.23. The Morgan fingerprint density at radius 2 is 1.89 bits per heavy atom. The van der Waals surface area contributed by atoms with E-state index < -0.39 is 0 Å². The highest BCUT2D eigenvalue weighted by Crippen LogP contribution is 2.32. The van der Waals surface area contributed by atoms with Crippen molar-refractivity contribution in [1.29, 1.82) is 0 Å². The van der Waals surface area contributed by atoms with E-state index in [1.807, 2.05) is 41.9 Å². The third kappa shape index (κ3) is 4.84. The molecule has 5 aromatic rings. The first-order valence-electron chi connectivity index (χ1n) is 11.9. The topological polar surface area (TPSA) is 94.0 Å². The van der Waals surface area contributed by atoms with E-state index in [0.29, 0.717) is 34.5 Å². The zero-order valence-electron chi connectivity index (χ0n) is 20.0. The number of aromatic nitrogens is 4. The van der Waals surface area contributed by atoms with Crippen LogP contribution < -0.4 is 15.4 Å². The van der Waals surface area contributed by atoms with Gasteiger partial charge >= 0.3 is 0 Å². The van der Waals surface area contributed by atoms with E-state index in [2.05, 4.69) is 25.6 Å². The van der Waals surface area contributed by atoms with Crippen molar-refractivity contribution in [2.24, 2.45) is 13.0 Å². The number of carbonyl (C=O) groups excluding carboxylic acids is 1. The lowest BCUT2D eigenvalue weighted by Gasteiger charge is -2.10. The first kappa shape index (κ1) is 22.7. The van der Waals surface area contributed by atoms with Crippen LogP contribution in [0.4, 0.5) is 21.8 Å². The van der Waals surface area contributed by atoms with Crippen molar-refractivity contribution in [1.82, 2.24) is 19.5 Å². The lowest BCUT2D eigenvalue weighted by molar-refractivity contribution is -0.117. The van der Waals surface area contributed by atoms with Crippen LogP contribution in [0, 0.1) is 11.7 Å².